The van der Waals surface area contributed by atoms with E-state index in [1.807, 2.05) is 4.90 Å². The topological polar surface area (TPSA) is 55.6 Å². The first-order valence-electron chi connectivity index (χ1n) is 5.95. The van der Waals surface area contributed by atoms with Crippen LogP contribution in [-0.4, -0.2) is 42.6 Å². The van der Waals surface area contributed by atoms with Crippen molar-refractivity contribution in [1.82, 2.24) is 4.90 Å². The van der Waals surface area contributed by atoms with Gasteiger partial charge in [0.05, 0.1) is 6.61 Å². The van der Waals surface area contributed by atoms with Crippen molar-refractivity contribution in [1.29, 1.82) is 0 Å². The van der Waals surface area contributed by atoms with E-state index in [0.29, 0.717) is 25.6 Å². The summed E-state index contributed by atoms with van der Waals surface area (Å²) in [6, 6.07) is 0.474. The van der Waals surface area contributed by atoms with Gasteiger partial charge in [-0.1, -0.05) is 12.8 Å². The Morgan fingerprint density at radius 1 is 1.40 bits per heavy atom. The largest absolute Gasteiger partial charge is 0.366 e. The molecule has 0 radical (unpaired) electrons. The summed E-state index contributed by atoms with van der Waals surface area (Å²) in [5, 5.41) is 0. The third kappa shape index (κ3) is 2.32. The van der Waals surface area contributed by atoms with Crippen LogP contribution in [0.4, 0.5) is 0 Å². The second kappa shape index (κ2) is 4.94. The molecule has 1 saturated heterocycles. The van der Waals surface area contributed by atoms with Crippen molar-refractivity contribution in [3.8, 4) is 0 Å². The van der Waals surface area contributed by atoms with E-state index in [1.165, 1.54) is 25.7 Å². The van der Waals surface area contributed by atoms with E-state index < -0.39 is 0 Å². The second-order valence-corrected chi connectivity index (χ2v) is 4.41. The van der Waals surface area contributed by atoms with Crippen molar-refractivity contribution in [2.75, 3.05) is 19.7 Å². The lowest BCUT2D eigenvalue weighted by Gasteiger charge is -2.36. The van der Waals surface area contributed by atoms with Gasteiger partial charge < -0.3 is 15.4 Å². The Hall–Kier alpha value is -0.610. The predicted molar refractivity (Wildman–Crippen MR) is 57.4 cm³/mol. The molecule has 1 aliphatic heterocycles. The van der Waals surface area contributed by atoms with Crippen LogP contribution in [0.25, 0.3) is 0 Å². The molecule has 0 aromatic heterocycles. The quantitative estimate of drug-likeness (QED) is 0.741. The van der Waals surface area contributed by atoms with Gasteiger partial charge in [0.15, 0.2) is 0 Å². The van der Waals surface area contributed by atoms with E-state index in [4.69, 9.17) is 10.5 Å². The minimum Gasteiger partial charge on any atom is -0.366 e. The van der Waals surface area contributed by atoms with Gasteiger partial charge in [0, 0.05) is 12.6 Å². The molecule has 0 bridgehead atoms. The molecule has 1 atom stereocenters. The molecule has 0 spiro atoms. The van der Waals surface area contributed by atoms with Crippen molar-refractivity contribution in [3.63, 3.8) is 0 Å². The van der Waals surface area contributed by atoms with Gasteiger partial charge in [0.25, 0.3) is 5.91 Å². The number of nitrogens with two attached hydrogens (primary N) is 1. The van der Waals surface area contributed by atoms with Crippen LogP contribution in [0, 0.1) is 0 Å². The maximum absolute atomic E-state index is 12.0. The predicted octanol–water partition coefficient (Wildman–Crippen LogP) is 0.505. The molecule has 1 heterocycles. The smallest absolute Gasteiger partial charge is 0.252 e. The Bertz CT molecular complexity index is 225. The molecule has 1 amide bonds. The highest BCUT2D eigenvalue weighted by Gasteiger charge is 2.34. The van der Waals surface area contributed by atoms with Crippen LogP contribution in [-0.2, 0) is 9.53 Å². The number of amides is 1. The minimum atomic E-state index is -0.274. The van der Waals surface area contributed by atoms with Gasteiger partial charge in [-0.3, -0.25) is 4.79 Å². The Kier molecular flexibility index (Phi) is 3.59. The van der Waals surface area contributed by atoms with Crippen LogP contribution < -0.4 is 5.73 Å². The molecule has 2 N–H and O–H groups in total. The van der Waals surface area contributed by atoms with E-state index in [-0.39, 0.29) is 12.0 Å². The van der Waals surface area contributed by atoms with E-state index in [9.17, 15) is 4.79 Å². The number of hydrogen-bond donors (Lipinski definition) is 1. The molecule has 0 aromatic rings. The Morgan fingerprint density at radius 3 is 2.80 bits per heavy atom. The molecule has 1 unspecified atom stereocenters. The fourth-order valence-corrected chi connectivity index (χ4v) is 2.60. The lowest BCUT2D eigenvalue weighted by atomic mass is 10.1. The summed E-state index contributed by atoms with van der Waals surface area (Å²) in [5.41, 5.74) is 5.47. The van der Waals surface area contributed by atoms with Crippen LogP contribution in [0.5, 0.6) is 0 Å². The molecule has 0 aromatic carbocycles. The van der Waals surface area contributed by atoms with Crippen LogP contribution in [0.2, 0.25) is 0 Å². The fourth-order valence-electron chi connectivity index (χ4n) is 2.60. The Labute approximate surface area is 90.8 Å². The first kappa shape index (κ1) is 10.9. The first-order valence-corrected chi connectivity index (χ1v) is 5.95. The SMILES string of the molecule is NCCC1OCCN(C2CCCC2)C1=O. The average molecular weight is 212 g/mol. The molecule has 15 heavy (non-hydrogen) atoms. The summed E-state index contributed by atoms with van der Waals surface area (Å²) in [6.45, 7) is 1.96. The summed E-state index contributed by atoms with van der Waals surface area (Å²) in [5.74, 6) is 0.165. The molecular formula is C11H20N2O2. The van der Waals surface area contributed by atoms with Gasteiger partial charge in [-0.05, 0) is 25.8 Å². The van der Waals surface area contributed by atoms with Gasteiger partial charge in [-0.25, -0.2) is 0 Å². The molecule has 2 aliphatic rings. The van der Waals surface area contributed by atoms with Crippen molar-refractivity contribution in [2.24, 2.45) is 5.73 Å². The van der Waals surface area contributed by atoms with Crippen LogP contribution in [0.1, 0.15) is 32.1 Å². The number of morpholine rings is 1. The van der Waals surface area contributed by atoms with Gasteiger partial charge in [-0.15, -0.1) is 0 Å². The number of carbonyl (C=O) groups is 1. The first-order chi connectivity index (χ1) is 7.33. The maximum atomic E-state index is 12.0. The van der Waals surface area contributed by atoms with Crippen molar-refractivity contribution < 1.29 is 9.53 Å². The number of nitrogens with zero attached hydrogens (tertiary/aromatic N) is 1. The number of rotatable bonds is 3. The van der Waals surface area contributed by atoms with Gasteiger partial charge in [0.2, 0.25) is 0 Å². The van der Waals surface area contributed by atoms with Crippen molar-refractivity contribution in [2.45, 2.75) is 44.2 Å². The van der Waals surface area contributed by atoms with E-state index in [1.54, 1.807) is 0 Å². The van der Waals surface area contributed by atoms with Crippen LogP contribution in [0.3, 0.4) is 0 Å². The second-order valence-electron chi connectivity index (χ2n) is 4.41. The monoisotopic (exact) mass is 212 g/mol. The zero-order valence-electron chi connectivity index (χ0n) is 9.15. The lowest BCUT2D eigenvalue weighted by Crippen LogP contribution is -2.51. The number of carbonyl (C=O) groups excluding carboxylic acids is 1. The van der Waals surface area contributed by atoms with E-state index >= 15 is 0 Å². The maximum Gasteiger partial charge on any atom is 0.252 e. The molecule has 86 valence electrons. The van der Waals surface area contributed by atoms with Gasteiger partial charge >= 0.3 is 0 Å². The van der Waals surface area contributed by atoms with E-state index in [0.717, 1.165) is 6.54 Å². The van der Waals surface area contributed by atoms with Crippen molar-refractivity contribution in [3.05, 3.63) is 0 Å². The molecule has 2 fully saturated rings. The average Bonchev–Trinajstić information content (AvgIpc) is 2.74. The highest BCUT2D eigenvalue weighted by atomic mass is 16.5. The summed E-state index contributed by atoms with van der Waals surface area (Å²) in [6.07, 6.45) is 5.24. The zero-order chi connectivity index (χ0) is 10.7. The lowest BCUT2D eigenvalue weighted by molar-refractivity contribution is -0.156. The Balaban J connectivity index is 1.95. The molecule has 1 saturated carbocycles. The molecule has 2 rings (SSSR count). The molecule has 4 nitrogen and oxygen atoms in total. The molecule has 1 aliphatic carbocycles. The zero-order valence-corrected chi connectivity index (χ0v) is 9.15. The highest BCUT2D eigenvalue weighted by molar-refractivity contribution is 5.81. The number of hydrogen-bond acceptors (Lipinski definition) is 3. The van der Waals surface area contributed by atoms with Gasteiger partial charge in [0.1, 0.15) is 6.10 Å². The van der Waals surface area contributed by atoms with Crippen LogP contribution in [0.15, 0.2) is 0 Å². The third-order valence-corrected chi connectivity index (χ3v) is 3.40. The highest BCUT2D eigenvalue weighted by Crippen LogP contribution is 2.26. The van der Waals surface area contributed by atoms with Crippen LogP contribution >= 0.6 is 0 Å². The standard InChI is InChI=1S/C11H20N2O2/c12-6-5-10-11(14)13(7-8-15-10)9-3-1-2-4-9/h9-10H,1-8,12H2. The fraction of sp³-hybridized carbons (Fsp3) is 0.909. The third-order valence-electron chi connectivity index (χ3n) is 3.40. The summed E-state index contributed by atoms with van der Waals surface area (Å²) in [4.78, 5) is 14.1. The summed E-state index contributed by atoms with van der Waals surface area (Å²) < 4.78 is 5.45. The molecule has 4 heteroatoms. The summed E-state index contributed by atoms with van der Waals surface area (Å²) in [7, 11) is 0. The molecular weight excluding hydrogens is 192 g/mol. The number of ether oxygens (including phenoxy) is 1. The summed E-state index contributed by atoms with van der Waals surface area (Å²) >= 11 is 0. The van der Waals surface area contributed by atoms with E-state index in [2.05, 4.69) is 0 Å². The van der Waals surface area contributed by atoms with Crippen molar-refractivity contribution >= 4 is 5.91 Å². The van der Waals surface area contributed by atoms with Gasteiger partial charge in [-0.2, -0.15) is 0 Å². The normalized spacial score (nSPS) is 28.7. The Morgan fingerprint density at radius 2 is 2.13 bits per heavy atom. The minimum absolute atomic E-state index is 0.165.